The van der Waals surface area contributed by atoms with Crippen LogP contribution in [0, 0.1) is 13.8 Å². The highest BCUT2D eigenvalue weighted by atomic mass is 127. The lowest BCUT2D eigenvalue weighted by molar-refractivity contribution is 0.139. The highest BCUT2D eigenvalue weighted by molar-refractivity contribution is 14.0. The van der Waals surface area contributed by atoms with E-state index in [2.05, 4.69) is 58.2 Å². The van der Waals surface area contributed by atoms with Gasteiger partial charge in [-0.25, -0.2) is 0 Å². The number of guanidine groups is 1. The molecule has 1 aromatic rings. The second-order valence-electron chi connectivity index (χ2n) is 7.30. The summed E-state index contributed by atoms with van der Waals surface area (Å²) in [5.74, 6) is 0.879. The first-order valence-electron chi connectivity index (χ1n) is 9.85. The van der Waals surface area contributed by atoms with Crippen LogP contribution in [0.5, 0.6) is 0 Å². The van der Waals surface area contributed by atoms with Crippen molar-refractivity contribution in [2.24, 2.45) is 12.0 Å². The van der Waals surface area contributed by atoms with Gasteiger partial charge in [0.15, 0.2) is 5.96 Å². The predicted molar refractivity (Wildman–Crippen MR) is 124 cm³/mol. The molecule has 2 rings (SSSR count). The van der Waals surface area contributed by atoms with Crippen molar-refractivity contribution in [3.63, 3.8) is 0 Å². The molecule has 0 saturated carbocycles. The first-order chi connectivity index (χ1) is 12.4. The lowest BCUT2D eigenvalue weighted by atomic mass is 10.1. The number of aryl methyl sites for hydroxylation is 2. The van der Waals surface area contributed by atoms with Crippen molar-refractivity contribution in [2.75, 3.05) is 52.9 Å². The van der Waals surface area contributed by atoms with Crippen molar-refractivity contribution in [1.29, 1.82) is 0 Å². The number of nitrogens with zero attached hydrogens (tertiary/aromatic N) is 5. The molecule has 1 saturated heterocycles. The van der Waals surface area contributed by atoms with E-state index in [-0.39, 0.29) is 24.0 Å². The molecule has 0 aliphatic carbocycles. The Bertz CT molecular complexity index is 591. The first kappa shape index (κ1) is 24.2. The van der Waals surface area contributed by atoms with Gasteiger partial charge >= 0.3 is 0 Å². The summed E-state index contributed by atoms with van der Waals surface area (Å²) in [5, 5.41) is 11.5. The summed E-state index contributed by atoms with van der Waals surface area (Å²) < 4.78 is 1.96. The molecular formula is C19H38IN7. The van der Waals surface area contributed by atoms with Gasteiger partial charge in [0, 0.05) is 65.1 Å². The predicted octanol–water partition coefficient (Wildman–Crippen LogP) is 1.39. The monoisotopic (exact) mass is 491 g/mol. The average molecular weight is 491 g/mol. The number of piperazine rings is 1. The van der Waals surface area contributed by atoms with Crippen molar-refractivity contribution >= 4 is 29.9 Å². The smallest absolute Gasteiger partial charge is 0.191 e. The fraction of sp³-hybridized carbons (Fsp3) is 0.789. The SMILES string of the molecule is CCN1CCN(CCNC(=NC)NC(C)Cc2c(C)nn(C)c2C)CC1.I. The number of nitrogens with one attached hydrogen (secondary N) is 2. The number of hydrogen-bond acceptors (Lipinski definition) is 4. The lowest BCUT2D eigenvalue weighted by Crippen LogP contribution is -2.50. The molecule has 1 aromatic heterocycles. The highest BCUT2D eigenvalue weighted by Gasteiger charge is 2.16. The zero-order valence-corrected chi connectivity index (χ0v) is 20.2. The fourth-order valence-electron chi connectivity index (χ4n) is 3.56. The van der Waals surface area contributed by atoms with Gasteiger partial charge in [-0.1, -0.05) is 6.92 Å². The van der Waals surface area contributed by atoms with E-state index in [9.17, 15) is 0 Å². The van der Waals surface area contributed by atoms with Gasteiger partial charge in [-0.05, 0) is 39.3 Å². The van der Waals surface area contributed by atoms with Crippen molar-refractivity contribution in [1.82, 2.24) is 30.2 Å². The minimum Gasteiger partial charge on any atom is -0.355 e. The van der Waals surface area contributed by atoms with Crippen LogP contribution in [0.1, 0.15) is 30.8 Å². The van der Waals surface area contributed by atoms with Crippen molar-refractivity contribution in [3.8, 4) is 0 Å². The Balaban J connectivity index is 0.00000364. The fourth-order valence-corrected chi connectivity index (χ4v) is 3.56. The van der Waals surface area contributed by atoms with Crippen LogP contribution in [-0.4, -0.2) is 84.4 Å². The zero-order chi connectivity index (χ0) is 19.1. The van der Waals surface area contributed by atoms with Gasteiger partial charge in [0.05, 0.1) is 5.69 Å². The van der Waals surface area contributed by atoms with Gasteiger partial charge in [0.25, 0.3) is 0 Å². The maximum absolute atomic E-state index is 4.51. The van der Waals surface area contributed by atoms with E-state index in [4.69, 9.17) is 0 Å². The number of rotatable bonds is 7. The molecule has 27 heavy (non-hydrogen) atoms. The quantitative estimate of drug-likeness (QED) is 0.343. The van der Waals surface area contributed by atoms with Gasteiger partial charge in [0.2, 0.25) is 0 Å². The van der Waals surface area contributed by atoms with E-state index in [0.717, 1.165) is 50.8 Å². The van der Waals surface area contributed by atoms with E-state index >= 15 is 0 Å². The maximum atomic E-state index is 4.51. The van der Waals surface area contributed by atoms with Gasteiger partial charge in [-0.3, -0.25) is 14.6 Å². The average Bonchev–Trinajstić information content (AvgIpc) is 2.87. The molecule has 1 fully saturated rings. The van der Waals surface area contributed by atoms with Crippen LogP contribution in [0.3, 0.4) is 0 Å². The van der Waals surface area contributed by atoms with Crippen molar-refractivity contribution < 1.29 is 0 Å². The minimum absolute atomic E-state index is 0. The second kappa shape index (κ2) is 11.9. The molecule has 1 aliphatic rings. The van der Waals surface area contributed by atoms with E-state index < -0.39 is 0 Å². The van der Waals surface area contributed by atoms with Crippen LogP contribution < -0.4 is 10.6 Å². The van der Waals surface area contributed by atoms with Crippen LogP contribution in [0.4, 0.5) is 0 Å². The Morgan fingerprint density at radius 1 is 1.19 bits per heavy atom. The van der Waals surface area contributed by atoms with Crippen molar-refractivity contribution in [2.45, 2.75) is 40.2 Å². The van der Waals surface area contributed by atoms with Gasteiger partial charge in [-0.2, -0.15) is 5.10 Å². The number of hydrogen-bond donors (Lipinski definition) is 2. The molecule has 0 amide bonds. The van der Waals surface area contributed by atoms with Gasteiger partial charge in [0.1, 0.15) is 0 Å². The number of likely N-dealkylation sites (N-methyl/N-ethyl adjacent to an activating group) is 1. The molecule has 1 aliphatic heterocycles. The summed E-state index contributed by atoms with van der Waals surface area (Å²) in [6.45, 7) is 16.5. The van der Waals surface area contributed by atoms with E-state index in [1.165, 1.54) is 24.3 Å². The normalized spacial score (nSPS) is 17.5. The topological polar surface area (TPSA) is 60.7 Å². The van der Waals surface area contributed by atoms with Gasteiger partial charge < -0.3 is 15.5 Å². The Kier molecular flexibility index (Phi) is 10.6. The second-order valence-corrected chi connectivity index (χ2v) is 7.30. The summed E-state index contributed by atoms with van der Waals surface area (Å²) in [6, 6.07) is 0.302. The summed E-state index contributed by atoms with van der Waals surface area (Å²) in [6.07, 6.45) is 0.950. The molecule has 2 heterocycles. The lowest BCUT2D eigenvalue weighted by Gasteiger charge is -2.34. The zero-order valence-electron chi connectivity index (χ0n) is 17.9. The summed E-state index contributed by atoms with van der Waals surface area (Å²) in [4.78, 5) is 9.41. The molecule has 1 unspecified atom stereocenters. The van der Waals surface area contributed by atoms with Crippen LogP contribution in [-0.2, 0) is 13.5 Å². The molecule has 1 atom stereocenters. The molecule has 0 radical (unpaired) electrons. The van der Waals surface area contributed by atoms with E-state index in [0.29, 0.717) is 6.04 Å². The molecule has 156 valence electrons. The van der Waals surface area contributed by atoms with Crippen LogP contribution >= 0.6 is 24.0 Å². The molecule has 0 bridgehead atoms. The van der Waals surface area contributed by atoms with Crippen LogP contribution in [0.15, 0.2) is 4.99 Å². The molecule has 0 spiro atoms. The Labute approximate surface area is 182 Å². The molecular weight excluding hydrogens is 453 g/mol. The molecule has 2 N–H and O–H groups in total. The molecule has 8 heteroatoms. The summed E-state index contributed by atoms with van der Waals surface area (Å²) >= 11 is 0. The molecule has 7 nitrogen and oxygen atoms in total. The summed E-state index contributed by atoms with van der Waals surface area (Å²) in [7, 11) is 3.84. The Hall–Kier alpha value is -0.870. The third kappa shape index (κ3) is 7.23. The van der Waals surface area contributed by atoms with Crippen molar-refractivity contribution in [3.05, 3.63) is 17.0 Å². The first-order valence-corrected chi connectivity index (χ1v) is 9.85. The third-order valence-electron chi connectivity index (χ3n) is 5.41. The third-order valence-corrected chi connectivity index (χ3v) is 5.41. The Morgan fingerprint density at radius 2 is 1.81 bits per heavy atom. The van der Waals surface area contributed by atoms with E-state index in [1.807, 2.05) is 18.8 Å². The van der Waals surface area contributed by atoms with Crippen LogP contribution in [0.2, 0.25) is 0 Å². The van der Waals surface area contributed by atoms with Crippen LogP contribution in [0.25, 0.3) is 0 Å². The minimum atomic E-state index is 0. The van der Waals surface area contributed by atoms with E-state index in [1.54, 1.807) is 0 Å². The number of halogens is 1. The Morgan fingerprint density at radius 3 is 2.33 bits per heavy atom. The number of aliphatic imine (C=N–C) groups is 1. The molecule has 0 aromatic carbocycles. The largest absolute Gasteiger partial charge is 0.355 e. The highest BCUT2D eigenvalue weighted by Crippen LogP contribution is 2.14. The standard InChI is InChI=1S/C19H37N7.HI/c1-7-25-10-12-26(13-11-25)9-8-21-19(20-5)22-15(2)14-18-16(3)23-24(6)17(18)4;/h15H,7-14H2,1-6H3,(H2,20,21,22);1H. The summed E-state index contributed by atoms with van der Waals surface area (Å²) in [5.41, 5.74) is 3.69. The number of aromatic nitrogens is 2. The maximum Gasteiger partial charge on any atom is 0.191 e. The van der Waals surface area contributed by atoms with Gasteiger partial charge in [-0.15, -0.1) is 24.0 Å².